The molecule has 162 valence electrons. The van der Waals surface area contributed by atoms with E-state index in [1.165, 1.54) is 25.7 Å². The molecule has 6 nitrogen and oxygen atoms in total. The topological polar surface area (TPSA) is 72.3 Å². The lowest BCUT2D eigenvalue weighted by atomic mass is 9.76. The van der Waals surface area contributed by atoms with Crippen LogP contribution in [0.25, 0.3) is 0 Å². The highest BCUT2D eigenvalue weighted by atomic mass is 16.2. The van der Waals surface area contributed by atoms with Gasteiger partial charge in [-0.3, -0.25) is 9.69 Å². The number of piperazine rings is 1. The van der Waals surface area contributed by atoms with E-state index < -0.39 is 0 Å². The molecule has 2 aliphatic carbocycles. The Morgan fingerprint density at radius 3 is 2.57 bits per heavy atom. The van der Waals surface area contributed by atoms with Crippen LogP contribution < -0.4 is 10.2 Å². The number of nitrogens with one attached hydrogen (secondary N) is 1. The number of anilines is 1. The Morgan fingerprint density at radius 1 is 1.20 bits per heavy atom. The number of nitriles is 1. The normalized spacial score (nSPS) is 25.2. The van der Waals surface area contributed by atoms with Crippen molar-refractivity contribution in [3.63, 3.8) is 0 Å². The van der Waals surface area contributed by atoms with Gasteiger partial charge in [0, 0.05) is 38.3 Å². The highest BCUT2D eigenvalue weighted by molar-refractivity contribution is 5.93. The lowest BCUT2D eigenvalue weighted by Gasteiger charge is -2.40. The molecule has 2 heterocycles. The number of rotatable bonds is 6. The molecule has 1 amide bonds. The van der Waals surface area contributed by atoms with Gasteiger partial charge in [-0.25, -0.2) is 4.98 Å². The maximum Gasteiger partial charge on any atom is 0.270 e. The van der Waals surface area contributed by atoms with Crippen molar-refractivity contribution in [2.24, 2.45) is 11.3 Å². The largest absolute Gasteiger partial charge is 0.367 e. The van der Waals surface area contributed by atoms with Gasteiger partial charge in [0.05, 0.1) is 5.69 Å². The fourth-order valence-electron chi connectivity index (χ4n) is 5.02. The van der Waals surface area contributed by atoms with Gasteiger partial charge in [0.2, 0.25) is 0 Å². The molecule has 1 aliphatic heterocycles. The summed E-state index contributed by atoms with van der Waals surface area (Å²) in [5, 5.41) is 12.6. The molecular formula is C24H35N5O. The summed E-state index contributed by atoms with van der Waals surface area (Å²) in [5.74, 6) is 0.658. The molecule has 2 saturated carbocycles. The highest BCUT2D eigenvalue weighted by Crippen LogP contribution is 2.43. The number of pyridine rings is 1. The van der Waals surface area contributed by atoms with Gasteiger partial charge < -0.3 is 10.2 Å². The zero-order valence-electron chi connectivity index (χ0n) is 18.7. The molecule has 3 aliphatic rings. The van der Waals surface area contributed by atoms with E-state index in [-0.39, 0.29) is 11.9 Å². The Morgan fingerprint density at radius 2 is 1.93 bits per heavy atom. The predicted molar refractivity (Wildman–Crippen MR) is 118 cm³/mol. The molecule has 2 unspecified atom stereocenters. The van der Waals surface area contributed by atoms with Crippen LogP contribution in [0.5, 0.6) is 0 Å². The Bertz CT molecular complexity index is 817. The minimum Gasteiger partial charge on any atom is -0.367 e. The SMILES string of the molecule is CCC(C)(C)C1CCC(N2CCN(c3ccc(C(=O)NC4CC4)nc3C#N)CC2)C1. The minimum atomic E-state index is -0.170. The summed E-state index contributed by atoms with van der Waals surface area (Å²) in [6.07, 6.45) is 7.30. The lowest BCUT2D eigenvalue weighted by Crippen LogP contribution is -2.50. The van der Waals surface area contributed by atoms with Crippen molar-refractivity contribution in [1.82, 2.24) is 15.2 Å². The van der Waals surface area contributed by atoms with E-state index in [1.54, 1.807) is 6.07 Å². The number of hydrogen-bond acceptors (Lipinski definition) is 5. The van der Waals surface area contributed by atoms with E-state index in [0.717, 1.165) is 50.6 Å². The van der Waals surface area contributed by atoms with Crippen LogP contribution in [0.15, 0.2) is 12.1 Å². The van der Waals surface area contributed by atoms with E-state index in [4.69, 9.17) is 0 Å². The van der Waals surface area contributed by atoms with Gasteiger partial charge in [0.1, 0.15) is 11.8 Å². The lowest BCUT2D eigenvalue weighted by molar-refractivity contribution is 0.0946. The van der Waals surface area contributed by atoms with Crippen LogP contribution in [-0.2, 0) is 0 Å². The second kappa shape index (κ2) is 8.55. The summed E-state index contributed by atoms with van der Waals surface area (Å²) in [4.78, 5) is 21.5. The van der Waals surface area contributed by atoms with Gasteiger partial charge in [-0.15, -0.1) is 0 Å². The van der Waals surface area contributed by atoms with E-state index in [1.807, 2.05) is 6.07 Å². The van der Waals surface area contributed by atoms with Crippen molar-refractivity contribution < 1.29 is 4.79 Å². The number of carbonyl (C=O) groups excluding carboxylic acids is 1. The van der Waals surface area contributed by atoms with E-state index in [9.17, 15) is 10.1 Å². The number of hydrogen-bond donors (Lipinski definition) is 1. The highest BCUT2D eigenvalue weighted by Gasteiger charge is 2.38. The van der Waals surface area contributed by atoms with Crippen molar-refractivity contribution in [1.29, 1.82) is 5.26 Å². The Kier molecular flexibility index (Phi) is 6.02. The first-order valence-corrected chi connectivity index (χ1v) is 11.6. The average molecular weight is 410 g/mol. The molecule has 0 spiro atoms. The van der Waals surface area contributed by atoms with Crippen LogP contribution in [0.2, 0.25) is 0 Å². The fraction of sp³-hybridized carbons (Fsp3) is 0.708. The van der Waals surface area contributed by atoms with Gasteiger partial charge >= 0.3 is 0 Å². The first kappa shape index (κ1) is 21.1. The van der Waals surface area contributed by atoms with Crippen LogP contribution in [0.3, 0.4) is 0 Å². The minimum absolute atomic E-state index is 0.170. The predicted octanol–water partition coefficient (Wildman–Crippen LogP) is 3.57. The standard InChI is InChI=1S/C24H35N5O/c1-4-24(2,3)17-5-8-19(15-17)28-11-13-29(14-12-28)22-10-9-20(27-21(22)16-25)23(30)26-18-6-7-18/h9-10,17-19H,4-8,11-15H2,1-3H3,(H,26,30). The molecule has 1 N–H and O–H groups in total. The number of nitrogens with zero attached hydrogens (tertiary/aromatic N) is 4. The maximum atomic E-state index is 12.3. The molecule has 4 rings (SSSR count). The zero-order valence-corrected chi connectivity index (χ0v) is 18.7. The zero-order chi connectivity index (χ0) is 21.3. The molecule has 6 heteroatoms. The van der Waals surface area contributed by atoms with Crippen molar-refractivity contribution >= 4 is 11.6 Å². The van der Waals surface area contributed by atoms with Crippen LogP contribution >= 0.6 is 0 Å². The first-order chi connectivity index (χ1) is 14.4. The summed E-state index contributed by atoms with van der Waals surface area (Å²) in [5.41, 5.74) is 2.00. The van der Waals surface area contributed by atoms with Gasteiger partial charge in [-0.1, -0.05) is 27.2 Å². The second-order valence-corrected chi connectivity index (χ2v) is 9.95. The number of aromatic nitrogens is 1. The third kappa shape index (κ3) is 4.46. The molecule has 3 fully saturated rings. The molecule has 0 radical (unpaired) electrons. The van der Waals surface area contributed by atoms with E-state index in [2.05, 4.69) is 46.9 Å². The molecule has 1 aromatic heterocycles. The van der Waals surface area contributed by atoms with Crippen molar-refractivity contribution in [3.05, 3.63) is 23.5 Å². The third-order valence-corrected chi connectivity index (χ3v) is 7.72. The van der Waals surface area contributed by atoms with Crippen molar-refractivity contribution in [2.75, 3.05) is 31.1 Å². The van der Waals surface area contributed by atoms with E-state index >= 15 is 0 Å². The van der Waals surface area contributed by atoms with Gasteiger partial charge in [-0.2, -0.15) is 5.26 Å². The first-order valence-electron chi connectivity index (χ1n) is 11.6. The third-order valence-electron chi connectivity index (χ3n) is 7.72. The molecule has 0 bridgehead atoms. The molecule has 30 heavy (non-hydrogen) atoms. The fourth-order valence-corrected chi connectivity index (χ4v) is 5.02. The Hall–Kier alpha value is -2.13. The Labute approximate surface area is 180 Å². The Balaban J connectivity index is 1.36. The monoisotopic (exact) mass is 409 g/mol. The summed E-state index contributed by atoms with van der Waals surface area (Å²) in [6, 6.07) is 6.85. The maximum absolute atomic E-state index is 12.3. The number of amides is 1. The van der Waals surface area contributed by atoms with Crippen LogP contribution in [0.1, 0.15) is 75.5 Å². The average Bonchev–Trinajstić information content (AvgIpc) is 3.43. The summed E-state index contributed by atoms with van der Waals surface area (Å²) in [7, 11) is 0. The van der Waals surface area contributed by atoms with Crippen LogP contribution in [0.4, 0.5) is 5.69 Å². The summed E-state index contributed by atoms with van der Waals surface area (Å²) >= 11 is 0. The van der Waals surface area contributed by atoms with Gasteiger partial charge in [0.25, 0.3) is 5.91 Å². The van der Waals surface area contributed by atoms with E-state index in [0.29, 0.717) is 22.8 Å². The molecule has 1 aromatic rings. The van der Waals surface area contributed by atoms with Crippen LogP contribution in [-0.4, -0.2) is 54.1 Å². The molecule has 1 saturated heterocycles. The van der Waals surface area contributed by atoms with Crippen molar-refractivity contribution in [3.8, 4) is 6.07 Å². The smallest absolute Gasteiger partial charge is 0.270 e. The summed E-state index contributed by atoms with van der Waals surface area (Å²) < 4.78 is 0. The summed E-state index contributed by atoms with van der Waals surface area (Å²) in [6.45, 7) is 11.0. The molecule has 0 aromatic carbocycles. The molecular weight excluding hydrogens is 374 g/mol. The van der Waals surface area contributed by atoms with Crippen LogP contribution in [0, 0.1) is 22.7 Å². The van der Waals surface area contributed by atoms with Gasteiger partial charge in [0.15, 0.2) is 5.69 Å². The molecule has 2 atom stereocenters. The van der Waals surface area contributed by atoms with Gasteiger partial charge in [-0.05, 0) is 55.6 Å². The number of carbonyl (C=O) groups is 1. The second-order valence-electron chi connectivity index (χ2n) is 9.95. The van der Waals surface area contributed by atoms with Crippen molar-refractivity contribution in [2.45, 2.75) is 71.4 Å². The quantitative estimate of drug-likeness (QED) is 0.778.